The molecule has 0 saturated heterocycles. The molecule has 0 aliphatic rings. The quantitative estimate of drug-likeness (QED) is 0.806. The first kappa shape index (κ1) is 15.8. The first-order chi connectivity index (χ1) is 9.97. The van der Waals surface area contributed by atoms with Crippen molar-refractivity contribution in [2.45, 2.75) is 13.0 Å². The van der Waals surface area contributed by atoms with E-state index in [9.17, 15) is 8.78 Å². The second kappa shape index (κ2) is 6.89. The lowest BCUT2D eigenvalue weighted by molar-refractivity contribution is 0.151. The van der Waals surface area contributed by atoms with Gasteiger partial charge in [0.15, 0.2) is 0 Å². The molecule has 5 heteroatoms. The van der Waals surface area contributed by atoms with Gasteiger partial charge in [-0.25, -0.2) is 8.78 Å². The van der Waals surface area contributed by atoms with Crippen LogP contribution in [0.25, 0.3) is 0 Å². The fourth-order valence-corrected chi connectivity index (χ4v) is 2.38. The van der Waals surface area contributed by atoms with Gasteiger partial charge in [0.1, 0.15) is 0 Å². The number of rotatable bonds is 5. The Bertz CT molecular complexity index is 598. The Balaban J connectivity index is 2.10. The van der Waals surface area contributed by atoms with Crippen molar-refractivity contribution in [1.82, 2.24) is 0 Å². The van der Waals surface area contributed by atoms with Crippen molar-refractivity contribution in [3.05, 3.63) is 58.1 Å². The van der Waals surface area contributed by atoms with Gasteiger partial charge in [0.05, 0.1) is 11.4 Å². The largest absolute Gasteiger partial charge is 0.379 e. The predicted molar refractivity (Wildman–Crippen MR) is 87.2 cm³/mol. The van der Waals surface area contributed by atoms with Crippen molar-refractivity contribution in [2.75, 3.05) is 24.3 Å². The zero-order valence-corrected chi connectivity index (χ0v) is 13.5. The van der Waals surface area contributed by atoms with Crippen LogP contribution in [0.2, 0.25) is 0 Å². The van der Waals surface area contributed by atoms with Crippen LogP contribution >= 0.6 is 15.9 Å². The summed E-state index contributed by atoms with van der Waals surface area (Å²) in [7, 11) is 3.96. The van der Waals surface area contributed by atoms with Gasteiger partial charge < -0.3 is 10.2 Å². The number of hydrogen-bond acceptors (Lipinski definition) is 2. The molecule has 2 aromatic rings. The molecule has 112 valence electrons. The summed E-state index contributed by atoms with van der Waals surface area (Å²) in [6.45, 7) is 0.584. The first-order valence-electron chi connectivity index (χ1n) is 6.55. The van der Waals surface area contributed by atoms with E-state index in [2.05, 4.69) is 21.2 Å². The Labute approximate surface area is 131 Å². The average Bonchev–Trinajstić information content (AvgIpc) is 2.45. The fourth-order valence-electron chi connectivity index (χ4n) is 2.02. The van der Waals surface area contributed by atoms with Crippen LogP contribution in [0.4, 0.5) is 20.2 Å². The summed E-state index contributed by atoms with van der Waals surface area (Å²) in [5.74, 6) is 0. The Morgan fingerprint density at radius 2 is 1.76 bits per heavy atom. The van der Waals surface area contributed by atoms with Gasteiger partial charge in [-0.2, -0.15) is 0 Å². The van der Waals surface area contributed by atoms with Gasteiger partial charge in [0.25, 0.3) is 6.43 Å². The fraction of sp³-hybridized carbons (Fsp3) is 0.250. The second-order valence-electron chi connectivity index (χ2n) is 4.95. The van der Waals surface area contributed by atoms with Crippen molar-refractivity contribution < 1.29 is 8.78 Å². The summed E-state index contributed by atoms with van der Waals surface area (Å²) >= 11 is 3.46. The van der Waals surface area contributed by atoms with E-state index in [0.29, 0.717) is 6.54 Å². The maximum atomic E-state index is 12.5. The lowest BCUT2D eigenvalue weighted by Crippen LogP contribution is -2.12. The standard InChI is InChI=1S/C16H17BrF2N2/c1-21(2)15-8-7-13(17)9-14(15)20-10-11-3-5-12(6-4-11)16(18)19/h3-9,16,20H,10H2,1-2H3. The highest BCUT2D eigenvalue weighted by Gasteiger charge is 2.07. The Morgan fingerprint density at radius 3 is 2.33 bits per heavy atom. The van der Waals surface area contributed by atoms with E-state index in [1.807, 2.05) is 37.2 Å². The molecule has 2 rings (SSSR count). The molecular weight excluding hydrogens is 338 g/mol. The summed E-state index contributed by atoms with van der Waals surface area (Å²) in [6.07, 6.45) is -2.42. The maximum Gasteiger partial charge on any atom is 0.263 e. The topological polar surface area (TPSA) is 15.3 Å². The lowest BCUT2D eigenvalue weighted by atomic mass is 10.1. The minimum atomic E-state index is -2.42. The smallest absolute Gasteiger partial charge is 0.263 e. The van der Waals surface area contributed by atoms with E-state index >= 15 is 0 Å². The minimum absolute atomic E-state index is 0.0511. The number of hydrogen-bond donors (Lipinski definition) is 1. The number of halogens is 3. The van der Waals surface area contributed by atoms with Crippen LogP contribution in [0.5, 0.6) is 0 Å². The lowest BCUT2D eigenvalue weighted by Gasteiger charge is -2.19. The van der Waals surface area contributed by atoms with Crippen molar-refractivity contribution in [1.29, 1.82) is 0 Å². The Hall–Kier alpha value is -1.62. The SMILES string of the molecule is CN(C)c1ccc(Br)cc1NCc1ccc(C(F)F)cc1. The minimum Gasteiger partial charge on any atom is -0.379 e. The molecule has 0 saturated carbocycles. The van der Waals surface area contributed by atoms with Crippen LogP contribution in [0, 0.1) is 0 Å². The predicted octanol–water partition coefficient (Wildman–Crippen LogP) is 5.06. The van der Waals surface area contributed by atoms with Crippen LogP contribution in [0.1, 0.15) is 17.6 Å². The van der Waals surface area contributed by atoms with Gasteiger partial charge in [-0.3, -0.25) is 0 Å². The molecular formula is C16H17BrF2N2. The number of nitrogens with one attached hydrogen (secondary N) is 1. The van der Waals surface area contributed by atoms with E-state index in [4.69, 9.17) is 0 Å². The molecule has 0 aliphatic carbocycles. The average molecular weight is 355 g/mol. The molecule has 0 atom stereocenters. The third kappa shape index (κ3) is 4.17. The number of benzene rings is 2. The molecule has 2 aromatic carbocycles. The van der Waals surface area contributed by atoms with Crippen molar-refractivity contribution >= 4 is 27.3 Å². The highest BCUT2D eigenvalue weighted by Crippen LogP contribution is 2.28. The molecule has 21 heavy (non-hydrogen) atoms. The Kier molecular flexibility index (Phi) is 5.17. The summed E-state index contributed by atoms with van der Waals surface area (Å²) < 4.78 is 26.0. The number of nitrogens with zero attached hydrogens (tertiary/aromatic N) is 1. The monoisotopic (exact) mass is 354 g/mol. The van der Waals surface area contributed by atoms with Crippen molar-refractivity contribution in [3.63, 3.8) is 0 Å². The summed E-state index contributed by atoms with van der Waals surface area (Å²) in [5, 5.41) is 3.34. The van der Waals surface area contributed by atoms with Crippen LogP contribution in [-0.2, 0) is 6.54 Å². The van der Waals surface area contributed by atoms with Gasteiger partial charge >= 0.3 is 0 Å². The van der Waals surface area contributed by atoms with Gasteiger partial charge in [-0.15, -0.1) is 0 Å². The second-order valence-corrected chi connectivity index (χ2v) is 5.87. The molecule has 0 unspecified atom stereocenters. The van der Waals surface area contributed by atoms with Crippen LogP contribution in [0.15, 0.2) is 46.9 Å². The van der Waals surface area contributed by atoms with Crippen molar-refractivity contribution in [2.24, 2.45) is 0 Å². The molecule has 0 fully saturated rings. The van der Waals surface area contributed by atoms with Crippen LogP contribution in [0.3, 0.4) is 0 Å². The molecule has 1 N–H and O–H groups in total. The molecule has 0 aromatic heterocycles. The third-order valence-corrected chi connectivity index (χ3v) is 3.65. The van der Waals surface area contributed by atoms with Gasteiger partial charge in [0, 0.05) is 30.7 Å². The van der Waals surface area contributed by atoms with E-state index in [-0.39, 0.29) is 5.56 Å². The highest BCUT2D eigenvalue weighted by atomic mass is 79.9. The maximum absolute atomic E-state index is 12.5. The van der Waals surface area contributed by atoms with E-state index in [0.717, 1.165) is 21.4 Å². The summed E-state index contributed by atoms with van der Waals surface area (Å²) in [6, 6.07) is 12.4. The first-order valence-corrected chi connectivity index (χ1v) is 7.34. The number of anilines is 2. The van der Waals surface area contributed by atoms with E-state index in [1.54, 1.807) is 12.1 Å². The Morgan fingerprint density at radius 1 is 1.10 bits per heavy atom. The van der Waals surface area contributed by atoms with E-state index < -0.39 is 6.43 Å². The molecule has 0 bridgehead atoms. The normalized spacial score (nSPS) is 10.8. The van der Waals surface area contributed by atoms with Gasteiger partial charge in [-0.1, -0.05) is 40.2 Å². The molecule has 2 nitrogen and oxygen atoms in total. The van der Waals surface area contributed by atoms with Crippen molar-refractivity contribution in [3.8, 4) is 0 Å². The summed E-state index contributed by atoms with van der Waals surface area (Å²) in [5.41, 5.74) is 3.08. The molecule has 0 spiro atoms. The van der Waals surface area contributed by atoms with Crippen LogP contribution in [-0.4, -0.2) is 14.1 Å². The molecule has 0 radical (unpaired) electrons. The summed E-state index contributed by atoms with van der Waals surface area (Å²) in [4.78, 5) is 2.02. The highest BCUT2D eigenvalue weighted by molar-refractivity contribution is 9.10. The third-order valence-electron chi connectivity index (χ3n) is 3.16. The molecule has 0 aliphatic heterocycles. The zero-order valence-electron chi connectivity index (χ0n) is 11.9. The zero-order chi connectivity index (χ0) is 15.4. The van der Waals surface area contributed by atoms with Crippen LogP contribution < -0.4 is 10.2 Å². The molecule has 0 heterocycles. The van der Waals surface area contributed by atoms with Gasteiger partial charge in [-0.05, 0) is 23.8 Å². The molecule has 0 amide bonds. The number of alkyl halides is 2. The van der Waals surface area contributed by atoms with Gasteiger partial charge in [0.2, 0.25) is 0 Å². The van der Waals surface area contributed by atoms with E-state index in [1.165, 1.54) is 12.1 Å².